The van der Waals surface area contributed by atoms with E-state index >= 15 is 0 Å². The predicted molar refractivity (Wildman–Crippen MR) is 151 cm³/mol. The Balaban J connectivity index is 2.30. The van der Waals surface area contributed by atoms with Gasteiger partial charge in [0.25, 0.3) is 0 Å². The quantitative estimate of drug-likeness (QED) is 0.256. The van der Waals surface area contributed by atoms with Crippen molar-refractivity contribution >= 4 is 34.9 Å². The Morgan fingerprint density at radius 2 is 1.34 bits per heavy atom. The van der Waals surface area contributed by atoms with Gasteiger partial charge in [-0.15, -0.1) is 0 Å². The molecule has 1 amide bonds. The summed E-state index contributed by atoms with van der Waals surface area (Å²) in [4.78, 5) is 52.0. The zero-order chi connectivity index (χ0) is 31.1. The Kier molecular flexibility index (Phi) is 12.1. The van der Waals surface area contributed by atoms with Crippen LogP contribution in [0.1, 0.15) is 70.5 Å². The van der Waals surface area contributed by atoms with E-state index in [1.165, 1.54) is 33.1 Å². The molecule has 0 fully saturated rings. The summed E-state index contributed by atoms with van der Waals surface area (Å²) in [6.07, 6.45) is -5.94. The molecule has 0 aliphatic carbocycles. The summed E-state index contributed by atoms with van der Waals surface area (Å²) in [5.41, 5.74) is 1.08. The molecule has 2 aromatic rings. The molecule has 10 heteroatoms. The van der Waals surface area contributed by atoms with E-state index in [0.29, 0.717) is 16.3 Å². The van der Waals surface area contributed by atoms with Crippen LogP contribution in [0.5, 0.6) is 5.75 Å². The highest BCUT2D eigenvalue weighted by molar-refractivity contribution is 6.30. The van der Waals surface area contributed by atoms with Crippen LogP contribution in [0.15, 0.2) is 48.5 Å². The first-order valence-corrected chi connectivity index (χ1v) is 13.8. The first-order valence-electron chi connectivity index (χ1n) is 13.4. The number of nitrogens with one attached hydrogen (secondary N) is 1. The summed E-state index contributed by atoms with van der Waals surface area (Å²) in [5.74, 6) is -6.82. The number of amides is 1. The largest absolute Gasteiger partial charge is 0.497 e. The molecule has 2 rings (SSSR count). The summed E-state index contributed by atoms with van der Waals surface area (Å²) in [7, 11) is 1.45. The van der Waals surface area contributed by atoms with Crippen LogP contribution in [0, 0.1) is 23.7 Å². The second-order valence-electron chi connectivity index (χ2n) is 10.9. The molecule has 0 bridgehead atoms. The molecular weight excluding hydrogens is 559 g/mol. The first-order chi connectivity index (χ1) is 19.1. The summed E-state index contributed by atoms with van der Waals surface area (Å²) in [6.45, 7) is 8.21. The second-order valence-corrected chi connectivity index (χ2v) is 11.4. The molecule has 224 valence electrons. The molecule has 0 aliphatic heterocycles. The number of carbonyl (C=O) groups excluding carboxylic acids is 4. The third-order valence-electron chi connectivity index (χ3n) is 7.10. The molecule has 1 N–H and O–H groups in total. The van der Waals surface area contributed by atoms with Crippen LogP contribution in [-0.4, -0.2) is 36.5 Å². The molecule has 1 unspecified atom stereocenters. The zero-order valence-corrected chi connectivity index (χ0v) is 24.8. The first kappa shape index (κ1) is 34.0. The minimum absolute atomic E-state index is 0.0632. The van der Waals surface area contributed by atoms with Gasteiger partial charge in [-0.1, -0.05) is 70.5 Å². The Morgan fingerprint density at radius 1 is 0.805 bits per heavy atom. The van der Waals surface area contributed by atoms with Crippen molar-refractivity contribution in [1.29, 1.82) is 0 Å². The number of methoxy groups -OCH3 is 1. The van der Waals surface area contributed by atoms with Crippen LogP contribution >= 0.6 is 11.6 Å². The van der Waals surface area contributed by atoms with Crippen molar-refractivity contribution in [3.63, 3.8) is 0 Å². The third kappa shape index (κ3) is 9.42. The van der Waals surface area contributed by atoms with Crippen LogP contribution in [0.4, 0.5) is 13.2 Å². The van der Waals surface area contributed by atoms with Crippen molar-refractivity contribution in [1.82, 2.24) is 5.32 Å². The maximum atomic E-state index is 13.4. The number of alkyl halides is 3. The van der Waals surface area contributed by atoms with Gasteiger partial charge >= 0.3 is 6.18 Å². The van der Waals surface area contributed by atoms with E-state index in [9.17, 15) is 32.3 Å². The zero-order valence-electron chi connectivity index (χ0n) is 24.1. The van der Waals surface area contributed by atoms with Gasteiger partial charge < -0.3 is 10.1 Å². The van der Waals surface area contributed by atoms with Gasteiger partial charge in [-0.05, 0) is 47.2 Å². The monoisotopic (exact) mass is 595 g/mol. The summed E-state index contributed by atoms with van der Waals surface area (Å²) >= 11 is 5.98. The molecular formula is C31H37ClF3NO5. The maximum Gasteiger partial charge on any atom is 0.450 e. The summed E-state index contributed by atoms with van der Waals surface area (Å²) in [5, 5.41) is 3.15. The van der Waals surface area contributed by atoms with Crippen LogP contribution in [0.3, 0.4) is 0 Å². The van der Waals surface area contributed by atoms with Crippen LogP contribution in [0.2, 0.25) is 5.02 Å². The lowest BCUT2D eigenvalue weighted by molar-refractivity contribution is -0.177. The topological polar surface area (TPSA) is 89.5 Å². The normalized spacial score (nSPS) is 14.7. The fourth-order valence-corrected chi connectivity index (χ4v) is 4.87. The number of carbonyl (C=O) groups is 4. The van der Waals surface area contributed by atoms with E-state index in [2.05, 4.69) is 5.32 Å². The number of ether oxygens (including phenoxy) is 1. The van der Waals surface area contributed by atoms with Gasteiger partial charge in [0.15, 0.2) is 5.78 Å². The molecule has 0 saturated heterocycles. The number of hydrogen-bond acceptors (Lipinski definition) is 5. The standard InChI is InChI=1S/C31H37ClF3NO5/c1-17(2)24(29(39)31(33,34)35)16-26(38)28(21-9-13-23(41-6)14-10-21)36-30(40)19(5)15-25(37)27(18(3)4)20-7-11-22(32)12-8-20/h7-14,17-19,24,27-28H,15-16H2,1-6H3,(H,36,40)/t19-,24+,27?,28+/m1/s1. The number of hydrogen-bond donors (Lipinski definition) is 1. The fraction of sp³-hybridized carbons (Fsp3) is 0.484. The predicted octanol–water partition coefficient (Wildman–Crippen LogP) is 6.90. The van der Waals surface area contributed by atoms with Gasteiger partial charge in [-0.2, -0.15) is 13.2 Å². The van der Waals surface area contributed by atoms with E-state index in [4.69, 9.17) is 16.3 Å². The minimum Gasteiger partial charge on any atom is -0.497 e. The molecule has 6 nitrogen and oxygen atoms in total. The molecule has 0 saturated carbocycles. The number of benzene rings is 2. The van der Waals surface area contributed by atoms with Crippen molar-refractivity contribution in [3.05, 3.63) is 64.7 Å². The SMILES string of the molecule is COc1ccc([C@H](NC(=O)[C@H](C)CC(=O)C(c2ccc(Cl)cc2)C(C)C)C(=O)C[C@H](C(=O)C(F)(F)F)C(C)C)cc1. The van der Waals surface area contributed by atoms with E-state index in [1.54, 1.807) is 43.3 Å². The van der Waals surface area contributed by atoms with Gasteiger partial charge in [0.1, 0.15) is 17.6 Å². The second kappa shape index (κ2) is 14.6. The molecule has 0 aliphatic rings. The van der Waals surface area contributed by atoms with E-state index in [1.807, 2.05) is 13.8 Å². The maximum absolute atomic E-state index is 13.4. The smallest absolute Gasteiger partial charge is 0.450 e. The highest BCUT2D eigenvalue weighted by Crippen LogP contribution is 2.32. The average molecular weight is 596 g/mol. The molecule has 0 heterocycles. The number of Topliss-reactive ketones (excluding diaryl/α,β-unsaturated/α-hetero) is 3. The Morgan fingerprint density at radius 3 is 1.80 bits per heavy atom. The van der Waals surface area contributed by atoms with Crippen molar-refractivity contribution in [2.75, 3.05) is 7.11 Å². The number of ketones is 3. The Hall–Kier alpha value is -3.20. The average Bonchev–Trinajstić information content (AvgIpc) is 2.90. The van der Waals surface area contributed by atoms with Gasteiger partial charge in [0.2, 0.25) is 11.7 Å². The summed E-state index contributed by atoms with van der Waals surface area (Å²) in [6, 6.07) is 11.7. The van der Waals surface area contributed by atoms with Crippen LogP contribution < -0.4 is 10.1 Å². The number of rotatable bonds is 14. The minimum atomic E-state index is -5.10. The Labute approximate surface area is 244 Å². The van der Waals surface area contributed by atoms with E-state index in [0.717, 1.165) is 5.56 Å². The van der Waals surface area contributed by atoms with Crippen molar-refractivity contribution in [2.45, 2.75) is 65.6 Å². The molecule has 0 spiro atoms. The van der Waals surface area contributed by atoms with E-state index < -0.39 is 59.8 Å². The molecule has 2 aromatic carbocycles. The van der Waals surface area contributed by atoms with Crippen molar-refractivity contribution < 1.29 is 37.1 Å². The molecule has 0 radical (unpaired) electrons. The van der Waals surface area contributed by atoms with Gasteiger partial charge in [0.05, 0.1) is 7.11 Å². The van der Waals surface area contributed by atoms with E-state index in [-0.39, 0.29) is 18.1 Å². The lowest BCUT2D eigenvalue weighted by atomic mass is 9.81. The molecule has 41 heavy (non-hydrogen) atoms. The van der Waals surface area contributed by atoms with Crippen LogP contribution in [0.25, 0.3) is 0 Å². The third-order valence-corrected chi connectivity index (χ3v) is 7.35. The summed E-state index contributed by atoms with van der Waals surface area (Å²) < 4.78 is 44.8. The van der Waals surface area contributed by atoms with Gasteiger partial charge in [-0.3, -0.25) is 19.2 Å². The van der Waals surface area contributed by atoms with Gasteiger partial charge in [-0.25, -0.2) is 0 Å². The van der Waals surface area contributed by atoms with Crippen LogP contribution in [-0.2, 0) is 19.2 Å². The lowest BCUT2D eigenvalue weighted by Crippen LogP contribution is -2.41. The lowest BCUT2D eigenvalue weighted by Gasteiger charge is -2.26. The highest BCUT2D eigenvalue weighted by atomic mass is 35.5. The fourth-order valence-electron chi connectivity index (χ4n) is 4.74. The molecule has 0 aromatic heterocycles. The van der Waals surface area contributed by atoms with Crippen molar-refractivity contribution in [3.8, 4) is 5.75 Å². The molecule has 4 atom stereocenters. The van der Waals surface area contributed by atoms with Crippen molar-refractivity contribution in [2.24, 2.45) is 23.7 Å². The van der Waals surface area contributed by atoms with Gasteiger partial charge in [0, 0.05) is 35.6 Å². The highest BCUT2D eigenvalue weighted by Gasteiger charge is 2.45. The Bertz CT molecular complexity index is 1210. The number of halogens is 4.